The standard InChI is InChI=1S/C18H21N3O6S/c1-28(25,26)13-4-2-12(3-5-13)27-10-11-8-14(17(23)16(11)22)21-18(24)15-9-19-6-7-20-15/h2-7,9,11,14,16-17,22-23H,8,10H2,1H3,(H,21,24)/t11-,14-,16-,17+/m1/s1. The largest absolute Gasteiger partial charge is 0.493 e. The summed E-state index contributed by atoms with van der Waals surface area (Å²) in [5.74, 6) is -0.444. The van der Waals surface area contributed by atoms with Crippen LogP contribution in [0.1, 0.15) is 16.9 Å². The summed E-state index contributed by atoms with van der Waals surface area (Å²) in [4.78, 5) is 20.1. The maximum absolute atomic E-state index is 12.2. The number of hydrogen-bond donors (Lipinski definition) is 3. The fourth-order valence-corrected chi connectivity index (χ4v) is 3.71. The second kappa shape index (κ2) is 8.21. The molecule has 0 unspecified atom stereocenters. The van der Waals surface area contributed by atoms with Crippen molar-refractivity contribution < 1.29 is 28.2 Å². The quantitative estimate of drug-likeness (QED) is 0.598. The molecule has 9 nitrogen and oxygen atoms in total. The zero-order valence-electron chi connectivity index (χ0n) is 15.1. The lowest BCUT2D eigenvalue weighted by molar-refractivity contribution is 0.00250. The summed E-state index contributed by atoms with van der Waals surface area (Å²) < 4.78 is 28.6. The third kappa shape index (κ3) is 4.64. The van der Waals surface area contributed by atoms with Crippen LogP contribution in [0.4, 0.5) is 0 Å². The first kappa shape index (κ1) is 20.2. The van der Waals surface area contributed by atoms with Crippen molar-refractivity contribution in [2.45, 2.75) is 29.6 Å². The summed E-state index contributed by atoms with van der Waals surface area (Å²) in [7, 11) is -3.29. The maximum Gasteiger partial charge on any atom is 0.271 e. The first-order valence-corrected chi connectivity index (χ1v) is 10.5. The van der Waals surface area contributed by atoms with Crippen LogP contribution >= 0.6 is 0 Å². The van der Waals surface area contributed by atoms with Gasteiger partial charge in [0, 0.05) is 24.6 Å². The number of nitrogens with one attached hydrogen (secondary N) is 1. The second-order valence-corrected chi connectivity index (χ2v) is 8.72. The van der Waals surface area contributed by atoms with Gasteiger partial charge in [-0.2, -0.15) is 0 Å². The molecule has 3 rings (SSSR count). The summed E-state index contributed by atoms with van der Waals surface area (Å²) in [5, 5.41) is 23.1. The molecule has 1 aliphatic carbocycles. The van der Waals surface area contributed by atoms with E-state index in [2.05, 4.69) is 15.3 Å². The van der Waals surface area contributed by atoms with E-state index in [9.17, 15) is 23.4 Å². The van der Waals surface area contributed by atoms with E-state index in [1.165, 1.54) is 42.9 Å². The molecule has 28 heavy (non-hydrogen) atoms. The highest BCUT2D eigenvalue weighted by Crippen LogP contribution is 2.28. The fourth-order valence-electron chi connectivity index (χ4n) is 3.08. The van der Waals surface area contributed by atoms with Crippen LogP contribution in [0.15, 0.2) is 47.8 Å². The maximum atomic E-state index is 12.2. The number of rotatable bonds is 6. The molecule has 0 radical (unpaired) electrons. The molecular weight excluding hydrogens is 386 g/mol. The van der Waals surface area contributed by atoms with Gasteiger partial charge in [-0.15, -0.1) is 0 Å². The Morgan fingerprint density at radius 2 is 1.93 bits per heavy atom. The molecule has 1 amide bonds. The van der Waals surface area contributed by atoms with E-state index in [4.69, 9.17) is 4.74 Å². The van der Waals surface area contributed by atoms with Crippen LogP contribution in [0.25, 0.3) is 0 Å². The second-order valence-electron chi connectivity index (χ2n) is 6.70. The van der Waals surface area contributed by atoms with Crippen molar-refractivity contribution in [3.05, 3.63) is 48.5 Å². The van der Waals surface area contributed by atoms with Crippen LogP contribution in [-0.4, -0.2) is 65.6 Å². The Labute approximate surface area is 162 Å². The van der Waals surface area contributed by atoms with Crippen LogP contribution in [-0.2, 0) is 9.84 Å². The molecule has 1 aromatic carbocycles. The van der Waals surface area contributed by atoms with E-state index in [-0.39, 0.29) is 17.2 Å². The molecule has 1 aliphatic rings. The van der Waals surface area contributed by atoms with Gasteiger partial charge in [-0.1, -0.05) is 0 Å². The third-order valence-corrected chi connectivity index (χ3v) is 5.76. The van der Waals surface area contributed by atoms with Gasteiger partial charge in [0.15, 0.2) is 9.84 Å². The van der Waals surface area contributed by atoms with Crippen molar-refractivity contribution in [2.75, 3.05) is 12.9 Å². The van der Waals surface area contributed by atoms with Crippen molar-refractivity contribution in [1.29, 1.82) is 0 Å². The number of aliphatic hydroxyl groups is 2. The Morgan fingerprint density at radius 3 is 2.54 bits per heavy atom. The molecule has 0 bridgehead atoms. The summed E-state index contributed by atoms with van der Waals surface area (Å²) in [6.45, 7) is 0.105. The van der Waals surface area contributed by atoms with E-state index < -0.39 is 39.9 Å². The lowest BCUT2D eigenvalue weighted by Gasteiger charge is -2.18. The predicted molar refractivity (Wildman–Crippen MR) is 98.5 cm³/mol. The van der Waals surface area contributed by atoms with Gasteiger partial charge in [-0.05, 0) is 30.7 Å². The smallest absolute Gasteiger partial charge is 0.271 e. The molecule has 2 aromatic rings. The van der Waals surface area contributed by atoms with Crippen molar-refractivity contribution in [3.8, 4) is 5.75 Å². The number of amides is 1. The molecule has 0 spiro atoms. The molecule has 1 fully saturated rings. The van der Waals surface area contributed by atoms with Crippen molar-refractivity contribution in [1.82, 2.24) is 15.3 Å². The highest BCUT2D eigenvalue weighted by Gasteiger charge is 2.42. The first-order chi connectivity index (χ1) is 13.3. The van der Waals surface area contributed by atoms with Gasteiger partial charge in [0.2, 0.25) is 0 Å². The Kier molecular flexibility index (Phi) is 5.92. The molecule has 10 heteroatoms. The SMILES string of the molecule is CS(=O)(=O)c1ccc(OC[C@H]2C[C@@H](NC(=O)c3cnccn3)[C@H](O)[C@@H]2O)cc1. The number of hydrogen-bond acceptors (Lipinski definition) is 8. The summed E-state index contributed by atoms with van der Waals surface area (Å²) in [5.41, 5.74) is 0.120. The minimum Gasteiger partial charge on any atom is -0.493 e. The fraction of sp³-hybridized carbons (Fsp3) is 0.389. The highest BCUT2D eigenvalue weighted by atomic mass is 32.2. The highest BCUT2D eigenvalue weighted by molar-refractivity contribution is 7.90. The van der Waals surface area contributed by atoms with Crippen LogP contribution in [0, 0.1) is 5.92 Å². The lowest BCUT2D eigenvalue weighted by atomic mass is 10.1. The number of carbonyl (C=O) groups excluding carboxylic acids is 1. The average Bonchev–Trinajstić information content (AvgIpc) is 2.94. The Balaban J connectivity index is 1.57. The van der Waals surface area contributed by atoms with E-state index in [0.29, 0.717) is 12.2 Å². The molecule has 1 aromatic heterocycles. The van der Waals surface area contributed by atoms with E-state index in [1.54, 1.807) is 0 Å². The molecule has 3 N–H and O–H groups in total. The molecule has 4 atom stereocenters. The zero-order chi connectivity index (χ0) is 20.3. The molecule has 1 heterocycles. The van der Waals surface area contributed by atoms with Crippen molar-refractivity contribution in [2.24, 2.45) is 5.92 Å². The van der Waals surface area contributed by atoms with Crippen molar-refractivity contribution in [3.63, 3.8) is 0 Å². The van der Waals surface area contributed by atoms with Crippen molar-refractivity contribution >= 4 is 15.7 Å². The number of sulfone groups is 1. The van der Waals surface area contributed by atoms with Crippen LogP contribution in [0.5, 0.6) is 5.75 Å². The Morgan fingerprint density at radius 1 is 1.21 bits per heavy atom. The molecule has 1 saturated carbocycles. The van der Waals surface area contributed by atoms with E-state index in [1.807, 2.05) is 0 Å². The monoisotopic (exact) mass is 407 g/mol. The lowest BCUT2D eigenvalue weighted by Crippen LogP contribution is -2.43. The summed E-state index contributed by atoms with van der Waals surface area (Å²) in [6.07, 6.45) is 3.38. The number of aromatic nitrogens is 2. The Bertz CT molecular complexity index is 920. The summed E-state index contributed by atoms with van der Waals surface area (Å²) >= 11 is 0. The topological polar surface area (TPSA) is 139 Å². The van der Waals surface area contributed by atoms with E-state index in [0.717, 1.165) is 6.26 Å². The van der Waals surface area contributed by atoms with E-state index >= 15 is 0 Å². The Hall–Kier alpha value is -2.56. The third-order valence-electron chi connectivity index (χ3n) is 4.63. The van der Waals surface area contributed by atoms with Gasteiger partial charge < -0.3 is 20.3 Å². The van der Waals surface area contributed by atoms with Crippen LogP contribution in [0.3, 0.4) is 0 Å². The molecule has 0 saturated heterocycles. The van der Waals surface area contributed by atoms with Gasteiger partial charge in [-0.25, -0.2) is 13.4 Å². The number of aliphatic hydroxyl groups excluding tert-OH is 2. The number of nitrogens with zero attached hydrogens (tertiary/aromatic N) is 2. The molecular formula is C18H21N3O6S. The van der Waals surface area contributed by atoms with Gasteiger partial charge in [-0.3, -0.25) is 9.78 Å². The number of ether oxygens (including phenoxy) is 1. The predicted octanol–water partition coefficient (Wildman–Crippen LogP) is -0.201. The average molecular weight is 407 g/mol. The minimum atomic E-state index is -3.29. The summed E-state index contributed by atoms with van der Waals surface area (Å²) in [6, 6.07) is 5.29. The van der Waals surface area contributed by atoms with Gasteiger partial charge in [0.05, 0.1) is 29.8 Å². The van der Waals surface area contributed by atoms with Crippen LogP contribution in [0.2, 0.25) is 0 Å². The zero-order valence-corrected chi connectivity index (χ0v) is 15.9. The minimum absolute atomic E-state index is 0.105. The molecule has 0 aliphatic heterocycles. The first-order valence-electron chi connectivity index (χ1n) is 8.61. The number of carbonyl (C=O) groups is 1. The number of benzene rings is 1. The van der Waals surface area contributed by atoms with Crippen LogP contribution < -0.4 is 10.1 Å². The molecule has 150 valence electrons. The van der Waals surface area contributed by atoms with Gasteiger partial charge in [0.25, 0.3) is 5.91 Å². The van der Waals surface area contributed by atoms with Gasteiger partial charge >= 0.3 is 0 Å². The van der Waals surface area contributed by atoms with Gasteiger partial charge in [0.1, 0.15) is 17.5 Å². The normalized spacial score (nSPS) is 24.7.